The zero-order valence-electron chi connectivity index (χ0n) is 32.2. The van der Waals surface area contributed by atoms with Gasteiger partial charge in [-0.05, 0) is 117 Å². The van der Waals surface area contributed by atoms with Gasteiger partial charge in [-0.25, -0.2) is 0 Å². The van der Waals surface area contributed by atoms with Crippen molar-refractivity contribution in [2.45, 2.75) is 4.90 Å². The molecule has 0 fully saturated rings. The third-order valence-corrected chi connectivity index (χ3v) is 11.7. The summed E-state index contributed by atoms with van der Waals surface area (Å²) in [7, 11) is 0. The molecule has 0 aromatic heterocycles. The molecule has 0 saturated carbocycles. The fraction of sp³-hybridized carbons (Fsp3) is 0.0182. The van der Waals surface area contributed by atoms with Crippen LogP contribution in [0.2, 0.25) is 0 Å². The molecule has 58 heavy (non-hydrogen) atoms. The van der Waals surface area contributed by atoms with Crippen LogP contribution in [0.1, 0.15) is 5.56 Å². The minimum Gasteiger partial charge on any atom is -0.313 e. The average Bonchev–Trinajstić information content (AvgIpc) is 3.37. The molecule has 1 heterocycles. The van der Waals surface area contributed by atoms with Crippen LogP contribution in [-0.4, -0.2) is 5.75 Å². The number of allylic oxidation sites excluding steroid dienone is 4. The zero-order valence-corrected chi connectivity index (χ0v) is 33.0. The number of thioether (sulfide) groups is 1. The topological polar surface area (TPSA) is 6.48 Å². The lowest BCUT2D eigenvalue weighted by Gasteiger charge is -2.28. The smallest absolute Gasteiger partial charge is 0.0462 e. The molecule has 1 aliphatic heterocycles. The molecule has 8 aromatic rings. The van der Waals surface area contributed by atoms with E-state index in [9.17, 15) is 0 Å². The van der Waals surface area contributed by atoms with Crippen molar-refractivity contribution in [3.05, 3.63) is 248 Å². The van der Waals surface area contributed by atoms with Crippen LogP contribution in [-0.2, 0) is 0 Å². The summed E-state index contributed by atoms with van der Waals surface area (Å²) in [4.78, 5) is 5.92. The Labute approximate surface area is 346 Å². The number of hydrogen-bond acceptors (Lipinski definition) is 3. The highest BCUT2D eigenvalue weighted by Gasteiger charge is 2.18. The van der Waals surface area contributed by atoms with Crippen molar-refractivity contribution in [2.75, 3.05) is 15.6 Å². The summed E-state index contributed by atoms with van der Waals surface area (Å²) in [6, 6.07) is 75.8. The Morgan fingerprint density at radius 1 is 0.362 bits per heavy atom. The molecule has 8 aromatic carbocycles. The first kappa shape index (κ1) is 36.6. The van der Waals surface area contributed by atoms with E-state index in [4.69, 9.17) is 0 Å². The standard InChI is InChI=1S/C55H42N2S/c1-41-14-13-21-53(40-58-55-23-12-11-22-54(41)55)57(49-19-9-4-10-20-49)52-38-32-47(33-39-52)46-30-36-51(37-31-46)56(48-17-7-3-8-18-48)50-34-28-45(29-35-50)44-26-24-43(25-27-44)42-15-5-2-6-16-42/h2-39H,1,40H2/b14-13-,53-21+. The molecule has 1 aliphatic rings. The fourth-order valence-electron chi connectivity index (χ4n) is 7.54. The predicted molar refractivity (Wildman–Crippen MR) is 249 cm³/mol. The first-order chi connectivity index (χ1) is 28.7. The van der Waals surface area contributed by atoms with Gasteiger partial charge >= 0.3 is 0 Å². The molecule has 0 aliphatic carbocycles. The molecular formula is C55H42N2S. The van der Waals surface area contributed by atoms with Crippen molar-refractivity contribution in [1.29, 1.82) is 0 Å². The Kier molecular flexibility index (Phi) is 10.7. The monoisotopic (exact) mass is 762 g/mol. The highest BCUT2D eigenvalue weighted by Crippen LogP contribution is 2.39. The van der Waals surface area contributed by atoms with Crippen LogP contribution in [0.25, 0.3) is 39.0 Å². The highest BCUT2D eigenvalue weighted by molar-refractivity contribution is 7.99. The van der Waals surface area contributed by atoms with Crippen LogP contribution >= 0.6 is 11.8 Å². The number of benzene rings is 8. The quantitative estimate of drug-likeness (QED) is 0.145. The minimum absolute atomic E-state index is 0.815. The van der Waals surface area contributed by atoms with Gasteiger partial charge < -0.3 is 9.80 Å². The van der Waals surface area contributed by atoms with Crippen LogP contribution in [0.3, 0.4) is 0 Å². The second-order valence-electron chi connectivity index (χ2n) is 14.3. The summed E-state index contributed by atoms with van der Waals surface area (Å²) in [5, 5.41) is 0. The average molecular weight is 763 g/mol. The summed E-state index contributed by atoms with van der Waals surface area (Å²) in [6.45, 7) is 4.35. The van der Waals surface area contributed by atoms with Crippen molar-refractivity contribution in [1.82, 2.24) is 0 Å². The van der Waals surface area contributed by atoms with Gasteiger partial charge in [0.25, 0.3) is 0 Å². The molecule has 9 rings (SSSR count). The maximum Gasteiger partial charge on any atom is 0.0462 e. The summed E-state index contributed by atoms with van der Waals surface area (Å²) < 4.78 is 0. The maximum absolute atomic E-state index is 4.35. The van der Waals surface area contributed by atoms with Gasteiger partial charge in [-0.2, -0.15) is 0 Å². The van der Waals surface area contributed by atoms with Gasteiger partial charge in [0.2, 0.25) is 0 Å². The summed E-state index contributed by atoms with van der Waals surface area (Å²) in [5.74, 6) is 0.815. The first-order valence-electron chi connectivity index (χ1n) is 19.6. The van der Waals surface area contributed by atoms with Crippen LogP contribution in [0.15, 0.2) is 248 Å². The van der Waals surface area contributed by atoms with Gasteiger partial charge in [0.15, 0.2) is 0 Å². The Balaban J connectivity index is 0.976. The third-order valence-electron chi connectivity index (χ3n) is 10.5. The molecule has 0 amide bonds. The highest BCUT2D eigenvalue weighted by atomic mass is 32.2. The predicted octanol–water partition coefficient (Wildman–Crippen LogP) is 15.6. The Morgan fingerprint density at radius 2 is 0.724 bits per heavy atom. The lowest BCUT2D eigenvalue weighted by Crippen LogP contribution is -2.18. The van der Waals surface area contributed by atoms with E-state index in [1.807, 2.05) is 11.8 Å². The summed E-state index contributed by atoms with van der Waals surface area (Å²) in [6.07, 6.45) is 6.46. The van der Waals surface area contributed by atoms with E-state index in [-0.39, 0.29) is 0 Å². The number of hydrogen-bond donors (Lipinski definition) is 0. The van der Waals surface area contributed by atoms with E-state index in [2.05, 4.69) is 247 Å². The number of fused-ring (bicyclic) bond motifs is 1. The molecule has 3 heteroatoms. The van der Waals surface area contributed by atoms with E-state index >= 15 is 0 Å². The van der Waals surface area contributed by atoms with Gasteiger partial charge in [-0.15, -0.1) is 11.8 Å². The molecular weight excluding hydrogens is 721 g/mol. The van der Waals surface area contributed by atoms with E-state index in [1.54, 1.807) is 0 Å². The Bertz CT molecular complexity index is 2680. The number of rotatable bonds is 9. The van der Waals surface area contributed by atoms with E-state index in [0.29, 0.717) is 0 Å². The molecule has 0 spiro atoms. The number of anilines is 5. The molecule has 0 atom stereocenters. The van der Waals surface area contributed by atoms with Crippen molar-refractivity contribution in [2.24, 2.45) is 0 Å². The van der Waals surface area contributed by atoms with Crippen molar-refractivity contribution in [3.8, 4) is 33.4 Å². The van der Waals surface area contributed by atoms with E-state index < -0.39 is 0 Å². The molecule has 0 bridgehead atoms. The minimum atomic E-state index is 0.815. The van der Waals surface area contributed by atoms with Gasteiger partial charge in [-0.3, -0.25) is 0 Å². The van der Waals surface area contributed by atoms with E-state index in [0.717, 1.165) is 39.8 Å². The molecule has 0 radical (unpaired) electrons. The van der Waals surface area contributed by atoms with Gasteiger partial charge in [0.1, 0.15) is 0 Å². The van der Waals surface area contributed by atoms with E-state index in [1.165, 1.54) is 49.5 Å². The van der Waals surface area contributed by atoms with Crippen molar-refractivity contribution >= 4 is 45.8 Å². The molecule has 278 valence electrons. The molecule has 0 N–H and O–H groups in total. The maximum atomic E-state index is 4.35. The van der Waals surface area contributed by atoms with Crippen molar-refractivity contribution in [3.63, 3.8) is 0 Å². The fourth-order valence-corrected chi connectivity index (χ4v) is 8.60. The molecule has 0 saturated heterocycles. The SMILES string of the molecule is C=C1/C=C\C=C(\N(c2ccccc2)c2ccc(-c3ccc(N(c4ccccc4)c4ccc(-c5ccc(-c6ccccc6)cc5)cc4)cc3)cc2)CSc2ccccc21. The van der Waals surface area contributed by atoms with Crippen LogP contribution < -0.4 is 9.80 Å². The van der Waals surface area contributed by atoms with Crippen LogP contribution in [0.4, 0.5) is 28.4 Å². The van der Waals surface area contributed by atoms with Crippen LogP contribution in [0, 0.1) is 0 Å². The first-order valence-corrected chi connectivity index (χ1v) is 20.6. The number of para-hydroxylation sites is 2. The van der Waals surface area contributed by atoms with Crippen LogP contribution in [0.5, 0.6) is 0 Å². The Morgan fingerprint density at radius 3 is 1.22 bits per heavy atom. The Hall–Kier alpha value is -7.07. The summed E-state index contributed by atoms with van der Waals surface area (Å²) >= 11 is 1.85. The van der Waals surface area contributed by atoms with Gasteiger partial charge in [-0.1, -0.05) is 164 Å². The van der Waals surface area contributed by atoms with Crippen molar-refractivity contribution < 1.29 is 0 Å². The third kappa shape index (κ3) is 7.95. The zero-order chi connectivity index (χ0) is 39.1. The largest absolute Gasteiger partial charge is 0.313 e. The molecule has 2 nitrogen and oxygen atoms in total. The normalized spacial score (nSPS) is 13.9. The summed E-state index contributed by atoms with van der Waals surface area (Å²) in [5.41, 5.74) is 16.1. The van der Waals surface area contributed by atoms with Gasteiger partial charge in [0.05, 0.1) is 0 Å². The second kappa shape index (κ2) is 17.0. The second-order valence-corrected chi connectivity index (χ2v) is 15.3. The number of nitrogens with zero attached hydrogens (tertiary/aromatic N) is 2. The molecule has 0 unspecified atom stereocenters. The van der Waals surface area contributed by atoms with Gasteiger partial charge in [0, 0.05) is 44.8 Å². The lowest BCUT2D eigenvalue weighted by molar-refractivity contribution is 1.16. The lowest BCUT2D eigenvalue weighted by atomic mass is 10.00.